The first-order valence-electron chi connectivity index (χ1n) is 7.38. The number of amides is 1. The van der Waals surface area contributed by atoms with Gasteiger partial charge in [-0.25, -0.2) is 0 Å². The van der Waals surface area contributed by atoms with Crippen molar-refractivity contribution in [1.82, 2.24) is 14.5 Å². The van der Waals surface area contributed by atoms with Crippen LogP contribution in [-0.2, 0) is 11.2 Å². The molecule has 0 radical (unpaired) electrons. The van der Waals surface area contributed by atoms with E-state index in [-0.39, 0.29) is 5.91 Å². The van der Waals surface area contributed by atoms with E-state index < -0.39 is 11.4 Å². The number of piperidine rings is 1. The van der Waals surface area contributed by atoms with Gasteiger partial charge in [-0.2, -0.15) is 0 Å². The monoisotopic (exact) mass is 311 g/mol. The van der Waals surface area contributed by atoms with Gasteiger partial charge in [0.05, 0.1) is 11.1 Å². The van der Waals surface area contributed by atoms with Crippen molar-refractivity contribution in [3.05, 3.63) is 10.6 Å². The molecule has 21 heavy (non-hydrogen) atoms. The summed E-state index contributed by atoms with van der Waals surface area (Å²) in [7, 11) is 0. The Balaban J connectivity index is 2.07. The van der Waals surface area contributed by atoms with Crippen LogP contribution in [0.15, 0.2) is 0 Å². The normalized spacial score (nSPS) is 17.7. The Morgan fingerprint density at radius 3 is 2.52 bits per heavy atom. The van der Waals surface area contributed by atoms with Gasteiger partial charge in [0.1, 0.15) is 4.88 Å². The Bertz CT molecular complexity index is 521. The Morgan fingerprint density at radius 2 is 2.00 bits per heavy atom. The van der Waals surface area contributed by atoms with Crippen LogP contribution >= 0.6 is 11.5 Å². The Labute approximate surface area is 128 Å². The highest BCUT2D eigenvalue weighted by Gasteiger charge is 2.42. The average Bonchev–Trinajstić information content (AvgIpc) is 2.96. The minimum absolute atomic E-state index is 0.0580. The molecule has 1 aliphatic heterocycles. The first kappa shape index (κ1) is 15.9. The average molecular weight is 311 g/mol. The molecular weight excluding hydrogens is 290 g/mol. The third kappa shape index (κ3) is 3.07. The van der Waals surface area contributed by atoms with Gasteiger partial charge in [-0.05, 0) is 37.2 Å². The van der Waals surface area contributed by atoms with Crippen molar-refractivity contribution in [3.63, 3.8) is 0 Å². The van der Waals surface area contributed by atoms with Gasteiger partial charge in [0.2, 0.25) is 0 Å². The molecule has 0 aromatic carbocycles. The largest absolute Gasteiger partial charge is 0.481 e. The summed E-state index contributed by atoms with van der Waals surface area (Å²) in [5.74, 6) is -0.789. The van der Waals surface area contributed by atoms with Crippen molar-refractivity contribution < 1.29 is 14.7 Å². The van der Waals surface area contributed by atoms with Crippen molar-refractivity contribution in [3.8, 4) is 0 Å². The van der Waals surface area contributed by atoms with Gasteiger partial charge < -0.3 is 10.0 Å². The Kier molecular flexibility index (Phi) is 4.92. The van der Waals surface area contributed by atoms with E-state index in [1.807, 2.05) is 13.8 Å². The molecule has 0 atom stereocenters. The zero-order chi connectivity index (χ0) is 15.5. The van der Waals surface area contributed by atoms with Crippen LogP contribution in [0.5, 0.6) is 0 Å². The summed E-state index contributed by atoms with van der Waals surface area (Å²) in [6, 6.07) is 0. The van der Waals surface area contributed by atoms with Gasteiger partial charge in [-0.1, -0.05) is 24.8 Å². The van der Waals surface area contributed by atoms with Gasteiger partial charge in [0.25, 0.3) is 5.91 Å². The molecule has 1 aromatic rings. The molecule has 2 rings (SSSR count). The highest BCUT2D eigenvalue weighted by molar-refractivity contribution is 7.08. The SMILES string of the molecule is CCCC1(C(=O)O)CCN(C(=O)c2snnc2CC)CC1. The van der Waals surface area contributed by atoms with Crippen LogP contribution in [0, 0.1) is 5.41 Å². The van der Waals surface area contributed by atoms with Crippen molar-refractivity contribution in [1.29, 1.82) is 0 Å². The molecule has 1 N–H and O–H groups in total. The van der Waals surface area contributed by atoms with E-state index in [4.69, 9.17) is 0 Å². The van der Waals surface area contributed by atoms with Crippen LogP contribution in [0.25, 0.3) is 0 Å². The van der Waals surface area contributed by atoms with Crippen LogP contribution in [0.3, 0.4) is 0 Å². The van der Waals surface area contributed by atoms with Crippen molar-refractivity contribution in [2.75, 3.05) is 13.1 Å². The van der Waals surface area contributed by atoms with Crippen LogP contribution in [-0.4, -0.2) is 44.6 Å². The number of aromatic nitrogens is 2. The highest BCUT2D eigenvalue weighted by Crippen LogP contribution is 2.37. The third-order valence-electron chi connectivity index (χ3n) is 4.27. The van der Waals surface area contributed by atoms with Crippen LogP contribution in [0.1, 0.15) is 54.9 Å². The van der Waals surface area contributed by atoms with Gasteiger partial charge in [-0.15, -0.1) is 5.10 Å². The topological polar surface area (TPSA) is 83.4 Å². The maximum absolute atomic E-state index is 12.5. The van der Waals surface area contributed by atoms with Crippen molar-refractivity contribution in [2.45, 2.75) is 46.0 Å². The second kappa shape index (κ2) is 6.51. The second-order valence-corrected chi connectivity index (χ2v) is 6.28. The van der Waals surface area contributed by atoms with Gasteiger partial charge in [0.15, 0.2) is 0 Å². The lowest BCUT2D eigenvalue weighted by molar-refractivity contribution is -0.152. The first-order chi connectivity index (χ1) is 10.0. The number of nitrogens with zero attached hydrogens (tertiary/aromatic N) is 3. The molecule has 0 bridgehead atoms. The zero-order valence-corrected chi connectivity index (χ0v) is 13.3. The molecule has 1 fully saturated rings. The first-order valence-corrected chi connectivity index (χ1v) is 8.15. The second-order valence-electron chi connectivity index (χ2n) is 5.53. The van der Waals surface area contributed by atoms with Crippen molar-refractivity contribution in [2.24, 2.45) is 5.41 Å². The number of carboxylic acid groups (broad SMARTS) is 1. The van der Waals surface area contributed by atoms with Gasteiger partial charge >= 0.3 is 5.97 Å². The van der Waals surface area contributed by atoms with E-state index in [2.05, 4.69) is 9.59 Å². The van der Waals surface area contributed by atoms with E-state index in [0.29, 0.717) is 43.6 Å². The molecule has 116 valence electrons. The minimum atomic E-state index is -0.731. The molecule has 1 amide bonds. The maximum atomic E-state index is 12.5. The summed E-state index contributed by atoms with van der Waals surface area (Å²) in [6.45, 7) is 4.93. The minimum Gasteiger partial charge on any atom is -0.481 e. The summed E-state index contributed by atoms with van der Waals surface area (Å²) in [4.78, 5) is 26.4. The molecule has 2 heterocycles. The number of aryl methyl sites for hydroxylation is 1. The molecule has 0 unspecified atom stereocenters. The zero-order valence-electron chi connectivity index (χ0n) is 12.5. The fourth-order valence-electron chi connectivity index (χ4n) is 2.93. The quantitative estimate of drug-likeness (QED) is 0.901. The number of likely N-dealkylation sites (tertiary alicyclic amines) is 1. The predicted molar refractivity (Wildman–Crippen MR) is 79.4 cm³/mol. The summed E-state index contributed by atoms with van der Waals surface area (Å²) < 4.78 is 3.85. The number of rotatable bonds is 5. The van der Waals surface area contributed by atoms with Crippen molar-refractivity contribution >= 4 is 23.4 Å². The molecule has 7 heteroatoms. The van der Waals surface area contributed by atoms with Gasteiger partial charge in [0, 0.05) is 13.1 Å². The van der Waals surface area contributed by atoms with E-state index >= 15 is 0 Å². The molecule has 0 spiro atoms. The van der Waals surface area contributed by atoms with E-state index in [1.165, 1.54) is 0 Å². The number of hydrogen-bond acceptors (Lipinski definition) is 5. The molecule has 1 saturated heterocycles. The van der Waals surface area contributed by atoms with Gasteiger partial charge in [-0.3, -0.25) is 9.59 Å². The summed E-state index contributed by atoms with van der Waals surface area (Å²) in [5, 5.41) is 13.5. The maximum Gasteiger partial charge on any atom is 0.309 e. The molecule has 1 aliphatic rings. The molecule has 1 aromatic heterocycles. The highest BCUT2D eigenvalue weighted by atomic mass is 32.1. The fraction of sp³-hybridized carbons (Fsp3) is 0.714. The molecular formula is C14H21N3O3S. The number of hydrogen-bond donors (Lipinski definition) is 1. The van der Waals surface area contributed by atoms with E-state index in [9.17, 15) is 14.7 Å². The number of aliphatic carboxylic acids is 1. The predicted octanol–water partition coefficient (Wildman–Crippen LogP) is 2.21. The summed E-state index contributed by atoms with van der Waals surface area (Å²) in [6.07, 6.45) is 3.25. The lowest BCUT2D eigenvalue weighted by Crippen LogP contribution is -2.46. The summed E-state index contributed by atoms with van der Waals surface area (Å²) >= 11 is 1.12. The standard InChI is InChI=1S/C14H21N3O3S/c1-3-5-14(13(19)20)6-8-17(9-7-14)12(18)11-10(4-2)15-16-21-11/h3-9H2,1-2H3,(H,19,20). The number of carbonyl (C=O) groups is 2. The molecule has 0 aliphatic carbocycles. The lowest BCUT2D eigenvalue weighted by atomic mass is 9.75. The third-order valence-corrected chi connectivity index (χ3v) is 5.03. The number of carbonyl (C=O) groups excluding carboxylic acids is 1. The molecule has 0 saturated carbocycles. The summed E-state index contributed by atoms with van der Waals surface area (Å²) in [5.41, 5.74) is 0.0686. The van der Waals surface area contributed by atoms with Crippen LogP contribution < -0.4 is 0 Å². The number of carboxylic acids is 1. The molecule has 6 nitrogen and oxygen atoms in total. The fourth-order valence-corrected chi connectivity index (χ4v) is 3.65. The van der Waals surface area contributed by atoms with Crippen LogP contribution in [0.4, 0.5) is 0 Å². The van der Waals surface area contributed by atoms with E-state index in [0.717, 1.165) is 23.6 Å². The van der Waals surface area contributed by atoms with Crippen LogP contribution in [0.2, 0.25) is 0 Å². The smallest absolute Gasteiger partial charge is 0.309 e. The lowest BCUT2D eigenvalue weighted by Gasteiger charge is -2.38. The Hall–Kier alpha value is -1.50. The Morgan fingerprint density at radius 1 is 1.33 bits per heavy atom. The van der Waals surface area contributed by atoms with E-state index in [1.54, 1.807) is 4.90 Å².